The molecule has 2 aromatic rings. The monoisotopic (exact) mass is 504 g/mol. The zero-order valence-corrected chi connectivity index (χ0v) is 20.0. The van der Waals surface area contributed by atoms with E-state index in [0.717, 1.165) is 35.4 Å². The molecular weight excluding hydrogens is 476 g/mol. The Kier molecular flexibility index (Phi) is 9.73. The first-order chi connectivity index (χ1) is 15.6. The van der Waals surface area contributed by atoms with Gasteiger partial charge in [-0.25, -0.2) is 17.6 Å². The second-order valence-corrected chi connectivity index (χ2v) is 8.53. The second kappa shape index (κ2) is 11.9. The van der Waals surface area contributed by atoms with Gasteiger partial charge >= 0.3 is 0 Å². The highest BCUT2D eigenvalue weighted by Gasteiger charge is 2.31. The van der Waals surface area contributed by atoms with Gasteiger partial charge in [-0.1, -0.05) is 19.9 Å². The zero-order chi connectivity index (χ0) is 24.2. The van der Waals surface area contributed by atoms with Gasteiger partial charge in [0.25, 0.3) is 6.43 Å². The van der Waals surface area contributed by atoms with E-state index in [2.05, 4.69) is 10.6 Å². The number of nitrogens with one attached hydrogen (secondary N) is 2. The number of alkyl halides is 2. The maximum Gasteiger partial charge on any atom is 0.261 e. The molecule has 0 bridgehead atoms. The Morgan fingerprint density at radius 3 is 2.50 bits per heavy atom. The van der Waals surface area contributed by atoms with E-state index < -0.39 is 42.0 Å². The van der Waals surface area contributed by atoms with Crippen LogP contribution in [0.5, 0.6) is 5.75 Å². The van der Waals surface area contributed by atoms with E-state index in [9.17, 15) is 22.4 Å². The zero-order valence-electron chi connectivity index (χ0n) is 19.2. The third-order valence-electron chi connectivity index (χ3n) is 5.43. The molecule has 1 unspecified atom stereocenters. The molecule has 0 fully saturated rings. The fourth-order valence-corrected chi connectivity index (χ4v) is 4.01. The van der Waals surface area contributed by atoms with E-state index in [1.165, 1.54) is 13.8 Å². The highest BCUT2D eigenvalue weighted by atomic mass is 35.5. The van der Waals surface area contributed by atoms with Gasteiger partial charge in [0.05, 0.1) is 13.2 Å². The number of carbonyl (C=O) groups excluding carboxylic acids is 1. The summed E-state index contributed by atoms with van der Waals surface area (Å²) in [5.41, 5.74) is 0.228. The molecule has 0 spiro atoms. The molecule has 1 aliphatic heterocycles. The Bertz CT molecular complexity index is 981. The predicted molar refractivity (Wildman–Crippen MR) is 124 cm³/mol. The first-order valence-electron chi connectivity index (χ1n) is 10.8. The summed E-state index contributed by atoms with van der Waals surface area (Å²) < 4.78 is 64.7. The molecule has 10 heteroatoms. The van der Waals surface area contributed by atoms with Crippen molar-refractivity contribution in [1.29, 1.82) is 0 Å². The largest absolute Gasteiger partial charge is 0.494 e. The maximum absolute atomic E-state index is 14.8. The highest BCUT2D eigenvalue weighted by Crippen LogP contribution is 2.32. The molecule has 0 aliphatic carbocycles. The fourth-order valence-electron chi connectivity index (χ4n) is 4.01. The Balaban J connectivity index is 0.00000408. The van der Waals surface area contributed by atoms with Crippen LogP contribution in [-0.2, 0) is 21.4 Å². The maximum atomic E-state index is 14.8. The van der Waals surface area contributed by atoms with Gasteiger partial charge in [-0.2, -0.15) is 0 Å². The summed E-state index contributed by atoms with van der Waals surface area (Å²) in [5.74, 6) is -1.52. The Hall–Kier alpha value is -2.36. The number of halogens is 5. The van der Waals surface area contributed by atoms with E-state index >= 15 is 0 Å². The van der Waals surface area contributed by atoms with Crippen molar-refractivity contribution in [2.45, 2.75) is 45.1 Å². The summed E-state index contributed by atoms with van der Waals surface area (Å²) in [5, 5.41) is 5.69. The molecule has 34 heavy (non-hydrogen) atoms. The minimum atomic E-state index is -2.67. The molecule has 2 N–H and O–H groups in total. The summed E-state index contributed by atoms with van der Waals surface area (Å²) >= 11 is 0. The Morgan fingerprint density at radius 1 is 1.21 bits per heavy atom. The smallest absolute Gasteiger partial charge is 0.261 e. The van der Waals surface area contributed by atoms with Crippen molar-refractivity contribution in [2.75, 3.05) is 31.7 Å². The van der Waals surface area contributed by atoms with Gasteiger partial charge in [0, 0.05) is 23.2 Å². The van der Waals surface area contributed by atoms with Crippen molar-refractivity contribution in [2.24, 2.45) is 0 Å². The van der Waals surface area contributed by atoms with Crippen LogP contribution in [0.4, 0.5) is 23.2 Å². The van der Waals surface area contributed by atoms with Crippen molar-refractivity contribution in [3.05, 3.63) is 58.7 Å². The summed E-state index contributed by atoms with van der Waals surface area (Å²) in [6.45, 7) is 4.87. The lowest BCUT2D eigenvalue weighted by atomic mass is 9.84. The van der Waals surface area contributed by atoms with Gasteiger partial charge in [-0.3, -0.25) is 4.79 Å². The number of hydrogen-bond donors (Lipinski definition) is 2. The minimum Gasteiger partial charge on any atom is -0.494 e. The fraction of sp³-hybridized carbons (Fsp3) is 0.458. The van der Waals surface area contributed by atoms with Crippen LogP contribution >= 0.6 is 12.4 Å². The van der Waals surface area contributed by atoms with E-state index in [1.54, 1.807) is 6.07 Å². The summed E-state index contributed by atoms with van der Waals surface area (Å²) in [6.07, 6.45) is -1.95. The average Bonchev–Trinajstić information content (AvgIpc) is 2.72. The normalized spacial score (nSPS) is 15.5. The molecular formula is C24H29ClF4N2O3. The van der Waals surface area contributed by atoms with E-state index in [-0.39, 0.29) is 30.3 Å². The van der Waals surface area contributed by atoms with Gasteiger partial charge in [0.2, 0.25) is 5.91 Å². The van der Waals surface area contributed by atoms with Gasteiger partial charge in [0.1, 0.15) is 30.0 Å². The molecule has 0 radical (unpaired) electrons. The van der Waals surface area contributed by atoms with Crippen molar-refractivity contribution in [1.82, 2.24) is 5.32 Å². The van der Waals surface area contributed by atoms with Crippen LogP contribution in [0.1, 0.15) is 43.5 Å². The number of benzene rings is 2. The number of rotatable bonds is 9. The van der Waals surface area contributed by atoms with Crippen molar-refractivity contribution < 1.29 is 31.8 Å². The van der Waals surface area contributed by atoms with Gasteiger partial charge in [0.15, 0.2) is 0 Å². The number of anilines is 1. The van der Waals surface area contributed by atoms with Crippen LogP contribution in [0.3, 0.4) is 0 Å². The third-order valence-corrected chi connectivity index (χ3v) is 5.43. The molecule has 0 saturated heterocycles. The van der Waals surface area contributed by atoms with Crippen LogP contribution < -0.4 is 15.4 Å². The van der Waals surface area contributed by atoms with Gasteiger partial charge in [-0.15, -0.1) is 12.4 Å². The molecule has 188 valence electrons. The number of hydrogen-bond acceptors (Lipinski definition) is 4. The molecule has 0 aromatic heterocycles. The molecule has 1 atom stereocenters. The van der Waals surface area contributed by atoms with Crippen LogP contribution in [-0.4, -0.2) is 38.7 Å². The SMILES string of the molecule is CCOc1ccc2c(c1)CCNC2C(=O)Nc1cc(F)c(C(C)(C)COCC(F)F)c(F)c1.Cl. The van der Waals surface area contributed by atoms with Crippen LogP contribution in [0.15, 0.2) is 30.3 Å². The van der Waals surface area contributed by atoms with Gasteiger partial charge in [-0.05, 0) is 48.7 Å². The Labute approximate surface area is 202 Å². The molecule has 5 nitrogen and oxygen atoms in total. The molecule has 0 saturated carbocycles. The first-order valence-corrected chi connectivity index (χ1v) is 10.8. The van der Waals surface area contributed by atoms with Crippen LogP contribution in [0.2, 0.25) is 0 Å². The van der Waals surface area contributed by atoms with Crippen LogP contribution in [0, 0.1) is 11.6 Å². The summed E-state index contributed by atoms with van der Waals surface area (Å²) in [6, 6.07) is 6.84. The van der Waals surface area contributed by atoms with E-state index in [1.807, 2.05) is 19.1 Å². The lowest BCUT2D eigenvalue weighted by Crippen LogP contribution is -2.38. The number of fused-ring (bicyclic) bond motifs is 1. The van der Waals surface area contributed by atoms with Crippen molar-refractivity contribution >= 4 is 24.0 Å². The molecule has 1 amide bonds. The topological polar surface area (TPSA) is 59.6 Å². The molecule has 2 aromatic carbocycles. The van der Waals surface area contributed by atoms with Crippen molar-refractivity contribution in [3.8, 4) is 5.75 Å². The van der Waals surface area contributed by atoms with E-state index in [4.69, 9.17) is 9.47 Å². The van der Waals surface area contributed by atoms with E-state index in [0.29, 0.717) is 13.2 Å². The highest BCUT2D eigenvalue weighted by molar-refractivity contribution is 5.96. The summed E-state index contributed by atoms with van der Waals surface area (Å²) in [4.78, 5) is 12.9. The standard InChI is InChI=1S/C24H28F4N2O3.ClH/c1-4-33-16-5-6-17-14(9-16)7-8-29-22(17)23(31)30-15-10-18(25)21(19(26)11-15)24(2,3)13-32-12-20(27)28;/h5-6,9-11,20,22,29H,4,7-8,12-13H2,1-3H3,(H,30,31);1H. The number of ether oxygens (including phenoxy) is 2. The molecule has 1 heterocycles. The average molecular weight is 505 g/mol. The van der Waals surface area contributed by atoms with Crippen LogP contribution in [0.25, 0.3) is 0 Å². The number of amides is 1. The molecule has 1 aliphatic rings. The van der Waals surface area contributed by atoms with Crippen molar-refractivity contribution in [3.63, 3.8) is 0 Å². The Morgan fingerprint density at radius 2 is 1.88 bits per heavy atom. The third kappa shape index (κ3) is 6.61. The predicted octanol–water partition coefficient (Wildman–Crippen LogP) is 5.17. The second-order valence-electron chi connectivity index (χ2n) is 8.53. The minimum absolute atomic E-state index is 0. The quantitative estimate of drug-likeness (QED) is 0.463. The summed E-state index contributed by atoms with van der Waals surface area (Å²) in [7, 11) is 0. The first kappa shape index (κ1) is 27.9. The number of carbonyl (C=O) groups is 1. The lowest BCUT2D eigenvalue weighted by molar-refractivity contribution is -0.118. The van der Waals surface area contributed by atoms with Gasteiger partial charge < -0.3 is 20.1 Å². The lowest BCUT2D eigenvalue weighted by Gasteiger charge is -2.28. The molecule has 3 rings (SSSR count).